The summed E-state index contributed by atoms with van der Waals surface area (Å²) in [6, 6.07) is 3.55. The van der Waals surface area contributed by atoms with E-state index in [0.29, 0.717) is 6.07 Å². The van der Waals surface area contributed by atoms with Crippen molar-refractivity contribution >= 4 is 11.7 Å². The average molecular weight is 445 g/mol. The van der Waals surface area contributed by atoms with E-state index in [0.717, 1.165) is 46.9 Å². The van der Waals surface area contributed by atoms with Gasteiger partial charge in [0, 0.05) is 43.7 Å². The maximum Gasteiger partial charge on any atom is 0.433 e. The van der Waals surface area contributed by atoms with Gasteiger partial charge in [-0.3, -0.25) is 19.3 Å². The SMILES string of the molecule is Cn1nc(-c2ccc(=O)n(C)c2)c(C(F)(F)F)c1NC(=O)c1ccnc(C(F)(F)F)c1. The Kier molecular flexibility index (Phi) is 5.38. The van der Waals surface area contributed by atoms with Crippen LogP contribution in [0.3, 0.4) is 0 Å². The van der Waals surface area contributed by atoms with Crippen LogP contribution < -0.4 is 10.9 Å². The molecule has 0 aliphatic rings. The number of carbonyl (C=O) groups excluding carboxylic acids is 1. The molecule has 0 bridgehead atoms. The van der Waals surface area contributed by atoms with Crippen LogP contribution in [0.2, 0.25) is 0 Å². The number of pyridine rings is 2. The first-order valence-electron chi connectivity index (χ1n) is 8.45. The molecule has 1 N–H and O–H groups in total. The van der Waals surface area contributed by atoms with E-state index in [1.54, 1.807) is 0 Å². The monoisotopic (exact) mass is 445 g/mol. The summed E-state index contributed by atoms with van der Waals surface area (Å²) in [5, 5.41) is 5.77. The lowest BCUT2D eigenvalue weighted by molar-refractivity contribution is -0.141. The van der Waals surface area contributed by atoms with Crippen molar-refractivity contribution in [3.63, 3.8) is 0 Å². The Balaban J connectivity index is 2.08. The van der Waals surface area contributed by atoms with Crippen molar-refractivity contribution < 1.29 is 31.1 Å². The molecule has 0 aliphatic carbocycles. The van der Waals surface area contributed by atoms with Crippen molar-refractivity contribution in [3.8, 4) is 11.3 Å². The van der Waals surface area contributed by atoms with Gasteiger partial charge in [-0.2, -0.15) is 31.4 Å². The van der Waals surface area contributed by atoms with Crippen molar-refractivity contribution in [3.05, 3.63) is 63.8 Å². The maximum absolute atomic E-state index is 13.8. The van der Waals surface area contributed by atoms with Crippen molar-refractivity contribution in [2.75, 3.05) is 5.32 Å². The van der Waals surface area contributed by atoms with Crippen LogP contribution in [-0.2, 0) is 26.4 Å². The summed E-state index contributed by atoms with van der Waals surface area (Å²) in [5.41, 5.74) is -4.29. The summed E-state index contributed by atoms with van der Waals surface area (Å²) in [6.45, 7) is 0. The van der Waals surface area contributed by atoms with Crippen LogP contribution in [-0.4, -0.2) is 25.2 Å². The van der Waals surface area contributed by atoms with E-state index < -0.39 is 52.2 Å². The lowest BCUT2D eigenvalue weighted by atomic mass is 10.1. The Hall–Kier alpha value is -3.64. The number of carbonyl (C=O) groups is 1. The van der Waals surface area contributed by atoms with E-state index in [2.05, 4.69) is 10.1 Å². The Morgan fingerprint density at radius 1 is 1.03 bits per heavy atom. The van der Waals surface area contributed by atoms with Gasteiger partial charge >= 0.3 is 12.4 Å². The minimum absolute atomic E-state index is 0.0474. The van der Waals surface area contributed by atoms with Gasteiger partial charge in [-0.25, -0.2) is 0 Å². The fraction of sp³-hybridized carbons (Fsp3) is 0.222. The molecular weight excluding hydrogens is 432 g/mol. The average Bonchev–Trinajstić information content (AvgIpc) is 3.00. The number of alkyl halides is 6. The summed E-state index contributed by atoms with van der Waals surface area (Å²) >= 11 is 0. The van der Waals surface area contributed by atoms with Crippen molar-refractivity contribution in [2.24, 2.45) is 14.1 Å². The van der Waals surface area contributed by atoms with Crippen LogP contribution in [0.5, 0.6) is 0 Å². The number of nitrogens with one attached hydrogen (secondary N) is 1. The predicted octanol–water partition coefficient (Wildman–Crippen LogP) is 3.47. The van der Waals surface area contributed by atoms with Gasteiger partial charge in [0.1, 0.15) is 22.8 Å². The van der Waals surface area contributed by atoms with Gasteiger partial charge in [-0.05, 0) is 18.2 Å². The highest BCUT2D eigenvalue weighted by molar-refractivity contribution is 6.04. The van der Waals surface area contributed by atoms with E-state index in [1.807, 2.05) is 5.32 Å². The molecule has 1 amide bonds. The van der Waals surface area contributed by atoms with Gasteiger partial charge in [0.05, 0.1) is 0 Å². The lowest BCUT2D eigenvalue weighted by Crippen LogP contribution is -2.19. The largest absolute Gasteiger partial charge is 0.433 e. The third-order valence-corrected chi connectivity index (χ3v) is 4.23. The molecular formula is C18H13F6N5O2. The molecule has 164 valence electrons. The second-order valence-electron chi connectivity index (χ2n) is 6.44. The number of nitrogens with zero attached hydrogens (tertiary/aromatic N) is 4. The molecule has 3 rings (SSSR count). The normalized spacial score (nSPS) is 12.1. The third kappa shape index (κ3) is 4.44. The van der Waals surface area contributed by atoms with Crippen LogP contribution in [0, 0.1) is 0 Å². The van der Waals surface area contributed by atoms with Crippen LogP contribution in [0.15, 0.2) is 41.5 Å². The Morgan fingerprint density at radius 2 is 1.71 bits per heavy atom. The first-order valence-corrected chi connectivity index (χ1v) is 8.45. The van der Waals surface area contributed by atoms with E-state index in [-0.39, 0.29) is 5.56 Å². The predicted molar refractivity (Wildman–Crippen MR) is 96.1 cm³/mol. The number of aryl methyl sites for hydroxylation is 2. The standard InChI is InChI=1S/C18H13F6N5O2/c1-28-8-10(3-4-12(28)30)14-13(18(22,23)24)15(29(2)27-14)26-16(31)9-5-6-25-11(7-9)17(19,20)21/h3-8H,1-2H3,(H,26,31). The molecule has 0 aromatic carbocycles. The van der Waals surface area contributed by atoms with E-state index >= 15 is 0 Å². The van der Waals surface area contributed by atoms with Crippen molar-refractivity contribution in [1.29, 1.82) is 0 Å². The summed E-state index contributed by atoms with van der Waals surface area (Å²) in [6.07, 6.45) is -7.95. The summed E-state index contributed by atoms with van der Waals surface area (Å²) in [7, 11) is 2.47. The number of hydrogen-bond donors (Lipinski definition) is 1. The molecule has 31 heavy (non-hydrogen) atoms. The molecule has 0 radical (unpaired) electrons. The molecule has 0 spiro atoms. The van der Waals surface area contributed by atoms with Gasteiger partial charge in [-0.15, -0.1) is 0 Å². The highest BCUT2D eigenvalue weighted by atomic mass is 19.4. The highest BCUT2D eigenvalue weighted by Gasteiger charge is 2.41. The Bertz CT molecular complexity index is 1210. The second kappa shape index (κ2) is 7.56. The number of amides is 1. The summed E-state index contributed by atoms with van der Waals surface area (Å²) < 4.78 is 81.7. The fourth-order valence-corrected chi connectivity index (χ4v) is 2.78. The second-order valence-corrected chi connectivity index (χ2v) is 6.44. The Labute approximate surface area is 169 Å². The molecule has 3 heterocycles. The van der Waals surface area contributed by atoms with Crippen LogP contribution in [0.1, 0.15) is 21.6 Å². The summed E-state index contributed by atoms with van der Waals surface area (Å²) in [4.78, 5) is 27.0. The third-order valence-electron chi connectivity index (χ3n) is 4.23. The van der Waals surface area contributed by atoms with E-state index in [9.17, 15) is 35.9 Å². The number of anilines is 1. The maximum atomic E-state index is 13.8. The van der Waals surface area contributed by atoms with Crippen LogP contribution in [0.25, 0.3) is 11.3 Å². The highest BCUT2D eigenvalue weighted by Crippen LogP contribution is 2.41. The first kappa shape index (κ1) is 22.1. The van der Waals surface area contributed by atoms with Crippen LogP contribution in [0.4, 0.5) is 32.2 Å². The molecule has 3 aromatic heterocycles. The van der Waals surface area contributed by atoms with Crippen molar-refractivity contribution in [1.82, 2.24) is 19.3 Å². The van der Waals surface area contributed by atoms with Gasteiger partial charge < -0.3 is 9.88 Å². The number of halogens is 6. The van der Waals surface area contributed by atoms with Gasteiger partial charge in [0.2, 0.25) is 5.56 Å². The van der Waals surface area contributed by atoms with Crippen LogP contribution >= 0.6 is 0 Å². The number of aromatic nitrogens is 4. The van der Waals surface area contributed by atoms with E-state index in [4.69, 9.17) is 0 Å². The smallest absolute Gasteiger partial charge is 0.318 e. The summed E-state index contributed by atoms with van der Waals surface area (Å²) in [5.74, 6) is -1.99. The van der Waals surface area contributed by atoms with Crippen molar-refractivity contribution in [2.45, 2.75) is 12.4 Å². The minimum Gasteiger partial charge on any atom is -0.318 e. The fourth-order valence-electron chi connectivity index (χ4n) is 2.78. The van der Waals surface area contributed by atoms with Gasteiger partial charge in [0.15, 0.2) is 0 Å². The van der Waals surface area contributed by atoms with Gasteiger partial charge in [-0.1, -0.05) is 0 Å². The number of hydrogen-bond acceptors (Lipinski definition) is 4. The molecule has 7 nitrogen and oxygen atoms in total. The molecule has 3 aromatic rings. The molecule has 13 heteroatoms. The van der Waals surface area contributed by atoms with Gasteiger partial charge in [0.25, 0.3) is 5.91 Å². The zero-order valence-electron chi connectivity index (χ0n) is 15.8. The number of rotatable bonds is 3. The first-order chi connectivity index (χ1) is 14.3. The Morgan fingerprint density at radius 3 is 2.29 bits per heavy atom. The minimum atomic E-state index is -4.98. The molecule has 0 saturated carbocycles. The molecule has 0 saturated heterocycles. The molecule has 0 unspecified atom stereocenters. The molecule has 0 aliphatic heterocycles. The zero-order valence-corrected chi connectivity index (χ0v) is 15.8. The zero-order chi connectivity index (χ0) is 23.1. The van der Waals surface area contributed by atoms with E-state index in [1.165, 1.54) is 7.05 Å². The topological polar surface area (TPSA) is 81.8 Å². The lowest BCUT2D eigenvalue weighted by Gasteiger charge is -2.13. The molecule has 0 fully saturated rings. The quantitative estimate of drug-likeness (QED) is 0.626. The molecule has 0 atom stereocenters.